The highest BCUT2D eigenvalue weighted by atomic mass is 32.1. The van der Waals surface area contributed by atoms with Crippen LogP contribution in [-0.2, 0) is 6.67 Å². The summed E-state index contributed by atoms with van der Waals surface area (Å²) >= 11 is 5.37. The predicted molar refractivity (Wildman–Crippen MR) is 104 cm³/mol. The van der Waals surface area contributed by atoms with Crippen molar-refractivity contribution < 1.29 is 4.42 Å². The summed E-state index contributed by atoms with van der Waals surface area (Å²) in [6, 6.07) is 14.1. The number of rotatable bonds is 4. The van der Waals surface area contributed by atoms with Crippen LogP contribution in [0.5, 0.6) is 0 Å². The van der Waals surface area contributed by atoms with Gasteiger partial charge in [0.15, 0.2) is 0 Å². The van der Waals surface area contributed by atoms with Crippen LogP contribution in [0.15, 0.2) is 53.1 Å². The molecule has 1 saturated heterocycles. The molecule has 0 radical (unpaired) electrons. The van der Waals surface area contributed by atoms with Crippen LogP contribution in [0.1, 0.15) is 5.56 Å². The molecule has 0 saturated carbocycles. The average molecular weight is 367 g/mol. The van der Waals surface area contributed by atoms with Gasteiger partial charge in [-0.05, 0) is 42.9 Å². The highest BCUT2D eigenvalue weighted by Crippen LogP contribution is 2.22. The minimum atomic E-state index is 0.412. The van der Waals surface area contributed by atoms with Gasteiger partial charge in [0, 0.05) is 37.9 Å². The predicted octanol–water partition coefficient (Wildman–Crippen LogP) is 3.36. The van der Waals surface area contributed by atoms with Crippen LogP contribution in [0, 0.1) is 11.8 Å². The largest absolute Gasteiger partial charge is 0.409 e. The molecule has 6 nitrogen and oxygen atoms in total. The van der Waals surface area contributed by atoms with Crippen molar-refractivity contribution in [1.82, 2.24) is 19.7 Å². The first-order valence-corrected chi connectivity index (χ1v) is 9.14. The topological polar surface area (TPSA) is 50.3 Å². The number of benzene rings is 1. The number of nitrogens with zero attached hydrogens (tertiary/aromatic N) is 5. The molecule has 0 atom stereocenters. The van der Waals surface area contributed by atoms with E-state index in [2.05, 4.69) is 25.9 Å². The zero-order valence-electron chi connectivity index (χ0n) is 14.7. The molecule has 0 bridgehead atoms. The van der Waals surface area contributed by atoms with Crippen LogP contribution in [-0.4, -0.2) is 45.8 Å². The van der Waals surface area contributed by atoms with Crippen LogP contribution in [0.25, 0.3) is 11.5 Å². The van der Waals surface area contributed by atoms with Crippen molar-refractivity contribution in [3.8, 4) is 11.5 Å². The van der Waals surface area contributed by atoms with Crippen LogP contribution in [0.2, 0.25) is 0 Å². The highest BCUT2D eigenvalue weighted by molar-refractivity contribution is 7.71. The Balaban J connectivity index is 1.43. The molecule has 0 amide bonds. The molecular formula is C19H21N5OS. The van der Waals surface area contributed by atoms with Crippen molar-refractivity contribution in [2.24, 2.45) is 0 Å². The first-order valence-electron chi connectivity index (χ1n) is 8.73. The molecule has 1 aromatic carbocycles. The molecule has 0 aliphatic carbocycles. The molecule has 0 unspecified atom stereocenters. The first kappa shape index (κ1) is 16.9. The molecule has 134 valence electrons. The maximum absolute atomic E-state index is 5.73. The third-order valence-corrected chi connectivity index (χ3v) is 4.96. The molecule has 7 heteroatoms. The quantitative estimate of drug-likeness (QED) is 0.659. The van der Waals surface area contributed by atoms with Gasteiger partial charge >= 0.3 is 0 Å². The molecule has 3 heterocycles. The van der Waals surface area contributed by atoms with Gasteiger partial charge in [0.25, 0.3) is 4.84 Å². The Labute approximate surface area is 157 Å². The molecule has 2 aromatic heterocycles. The molecule has 0 spiro atoms. The van der Waals surface area contributed by atoms with E-state index < -0.39 is 0 Å². The Morgan fingerprint density at radius 2 is 1.81 bits per heavy atom. The first-order chi connectivity index (χ1) is 12.7. The Morgan fingerprint density at radius 3 is 2.54 bits per heavy atom. The molecule has 0 N–H and O–H groups in total. The van der Waals surface area contributed by atoms with Crippen molar-refractivity contribution in [3.63, 3.8) is 0 Å². The molecular weight excluding hydrogens is 346 g/mol. The second kappa shape index (κ2) is 7.39. The molecule has 1 aliphatic heterocycles. The fourth-order valence-corrected chi connectivity index (χ4v) is 3.34. The lowest BCUT2D eigenvalue weighted by atomic mass is 10.1. The Morgan fingerprint density at radius 1 is 1.04 bits per heavy atom. The Bertz CT molecular complexity index is 928. The molecule has 1 fully saturated rings. The maximum atomic E-state index is 5.73. The third kappa shape index (κ3) is 3.54. The summed E-state index contributed by atoms with van der Waals surface area (Å²) in [6.45, 7) is 6.43. The van der Waals surface area contributed by atoms with Crippen LogP contribution < -0.4 is 4.90 Å². The summed E-state index contributed by atoms with van der Waals surface area (Å²) in [4.78, 5) is 9.48. The molecule has 4 rings (SSSR count). The van der Waals surface area contributed by atoms with E-state index in [0.717, 1.165) is 43.1 Å². The lowest BCUT2D eigenvalue weighted by Gasteiger charge is -2.34. The minimum absolute atomic E-state index is 0.412. The van der Waals surface area contributed by atoms with E-state index in [4.69, 9.17) is 16.6 Å². The fourth-order valence-electron chi connectivity index (χ4n) is 3.17. The van der Waals surface area contributed by atoms with E-state index in [-0.39, 0.29) is 0 Å². The van der Waals surface area contributed by atoms with Gasteiger partial charge in [0.2, 0.25) is 5.89 Å². The molecule has 26 heavy (non-hydrogen) atoms. The van der Waals surface area contributed by atoms with Gasteiger partial charge in [-0.15, -0.1) is 5.10 Å². The normalized spacial score (nSPS) is 15.3. The smallest absolute Gasteiger partial charge is 0.288 e. The van der Waals surface area contributed by atoms with Crippen LogP contribution >= 0.6 is 12.2 Å². The summed E-state index contributed by atoms with van der Waals surface area (Å²) < 4.78 is 7.50. The Kier molecular flexibility index (Phi) is 4.81. The van der Waals surface area contributed by atoms with Gasteiger partial charge < -0.3 is 9.32 Å². The van der Waals surface area contributed by atoms with Gasteiger partial charge in [-0.3, -0.25) is 4.90 Å². The summed E-state index contributed by atoms with van der Waals surface area (Å²) in [5.41, 5.74) is 2.11. The second-order valence-electron chi connectivity index (χ2n) is 6.42. The van der Waals surface area contributed by atoms with Crippen molar-refractivity contribution in [3.05, 3.63) is 59.1 Å². The molecule has 3 aromatic rings. The maximum Gasteiger partial charge on any atom is 0.288 e. The van der Waals surface area contributed by atoms with Gasteiger partial charge in [-0.1, -0.05) is 24.3 Å². The number of aryl methyl sites for hydroxylation is 1. The van der Waals surface area contributed by atoms with Crippen molar-refractivity contribution >= 4 is 18.0 Å². The monoisotopic (exact) mass is 367 g/mol. The summed E-state index contributed by atoms with van der Waals surface area (Å²) in [5.74, 6) is 1.62. The summed E-state index contributed by atoms with van der Waals surface area (Å²) in [7, 11) is 0. The number of hydrogen-bond acceptors (Lipinski definition) is 6. The zero-order valence-corrected chi connectivity index (χ0v) is 15.5. The van der Waals surface area contributed by atoms with Gasteiger partial charge in [0.1, 0.15) is 5.82 Å². The standard InChI is InChI=1S/C19H21N5OS/c1-15-6-2-3-7-16(15)18-21-24(19(26)25-18)14-22-10-12-23(13-11-22)17-8-4-5-9-20-17/h2-9H,10-14H2,1H3. The number of aromatic nitrogens is 3. The van der Waals surface area contributed by atoms with E-state index in [9.17, 15) is 0 Å². The lowest BCUT2D eigenvalue weighted by molar-refractivity contribution is 0.192. The van der Waals surface area contributed by atoms with E-state index in [0.29, 0.717) is 17.4 Å². The van der Waals surface area contributed by atoms with Gasteiger partial charge in [0.05, 0.1) is 6.67 Å². The fraction of sp³-hybridized carbons (Fsp3) is 0.316. The van der Waals surface area contributed by atoms with Gasteiger partial charge in [-0.25, -0.2) is 9.67 Å². The zero-order chi connectivity index (χ0) is 17.9. The number of hydrogen-bond donors (Lipinski definition) is 0. The lowest BCUT2D eigenvalue weighted by Crippen LogP contribution is -2.47. The highest BCUT2D eigenvalue weighted by Gasteiger charge is 2.19. The van der Waals surface area contributed by atoms with E-state index in [1.54, 1.807) is 4.68 Å². The number of anilines is 1. The van der Waals surface area contributed by atoms with Crippen molar-refractivity contribution in [2.45, 2.75) is 13.6 Å². The molecule has 1 aliphatic rings. The summed E-state index contributed by atoms with van der Waals surface area (Å²) in [5, 5.41) is 4.59. The average Bonchev–Trinajstić information content (AvgIpc) is 3.04. The van der Waals surface area contributed by atoms with Crippen molar-refractivity contribution in [1.29, 1.82) is 0 Å². The van der Waals surface area contributed by atoms with Crippen LogP contribution in [0.3, 0.4) is 0 Å². The Hall–Kier alpha value is -2.51. The minimum Gasteiger partial charge on any atom is -0.409 e. The van der Waals surface area contributed by atoms with Crippen LogP contribution in [0.4, 0.5) is 5.82 Å². The number of piperazine rings is 1. The third-order valence-electron chi connectivity index (χ3n) is 4.66. The SMILES string of the molecule is Cc1ccccc1-c1nn(CN2CCN(c3ccccn3)CC2)c(=S)o1. The van der Waals surface area contributed by atoms with E-state index in [1.165, 1.54) is 0 Å². The van der Waals surface area contributed by atoms with Gasteiger partial charge in [-0.2, -0.15) is 0 Å². The number of pyridine rings is 1. The van der Waals surface area contributed by atoms with E-state index >= 15 is 0 Å². The van der Waals surface area contributed by atoms with E-state index in [1.807, 2.05) is 49.5 Å². The van der Waals surface area contributed by atoms with Crippen molar-refractivity contribution in [2.75, 3.05) is 31.1 Å². The summed E-state index contributed by atoms with van der Waals surface area (Å²) in [6.07, 6.45) is 1.84. The second-order valence-corrected chi connectivity index (χ2v) is 6.77.